The number of anilines is 1. The number of nitrogens with zero attached hydrogens (tertiary/aromatic N) is 6. The molecule has 2 aliphatic rings. The van der Waals surface area contributed by atoms with Crippen LogP contribution < -0.4 is 4.90 Å². The number of piperazine rings is 1. The summed E-state index contributed by atoms with van der Waals surface area (Å²) < 4.78 is 2.28. The normalized spacial score (nSPS) is 21.3. The van der Waals surface area contributed by atoms with Gasteiger partial charge in [0.25, 0.3) is 0 Å². The molecular formula is C23H30N6. The lowest BCUT2D eigenvalue weighted by Gasteiger charge is -2.34. The van der Waals surface area contributed by atoms with Crippen molar-refractivity contribution in [3.05, 3.63) is 59.7 Å². The molecule has 0 radical (unpaired) electrons. The Kier molecular flexibility index (Phi) is 4.97. The van der Waals surface area contributed by atoms with Crippen LogP contribution in [0.4, 0.5) is 5.82 Å². The molecule has 0 N–H and O–H groups in total. The highest BCUT2D eigenvalue weighted by Gasteiger charge is 2.31. The molecule has 2 aliphatic heterocycles. The molecule has 29 heavy (non-hydrogen) atoms. The second kappa shape index (κ2) is 7.76. The summed E-state index contributed by atoms with van der Waals surface area (Å²) in [6.45, 7) is 8.46. The van der Waals surface area contributed by atoms with Crippen molar-refractivity contribution in [2.45, 2.75) is 32.4 Å². The van der Waals surface area contributed by atoms with E-state index in [9.17, 15) is 0 Å². The van der Waals surface area contributed by atoms with E-state index < -0.39 is 0 Å². The molecule has 5 rings (SSSR count). The Morgan fingerprint density at radius 3 is 2.72 bits per heavy atom. The van der Waals surface area contributed by atoms with Gasteiger partial charge in [-0.1, -0.05) is 12.1 Å². The summed E-state index contributed by atoms with van der Waals surface area (Å²) in [5.41, 5.74) is 4.76. The Balaban J connectivity index is 1.48. The first-order valence-corrected chi connectivity index (χ1v) is 10.8. The van der Waals surface area contributed by atoms with Gasteiger partial charge >= 0.3 is 0 Å². The first-order chi connectivity index (χ1) is 14.2. The largest absolute Gasteiger partial charge is 0.354 e. The lowest BCUT2D eigenvalue weighted by molar-refractivity contribution is 0.241. The first-order valence-electron chi connectivity index (χ1n) is 10.8. The molecule has 0 amide bonds. The number of aromatic nitrogens is 3. The summed E-state index contributed by atoms with van der Waals surface area (Å²) in [6, 6.07) is 10.9. The molecule has 152 valence electrons. The monoisotopic (exact) mass is 390 g/mol. The molecule has 0 bridgehead atoms. The number of hydrogen-bond acceptors (Lipinski definition) is 5. The summed E-state index contributed by atoms with van der Waals surface area (Å²) in [6.07, 6.45) is 6.48. The molecule has 1 atom stereocenters. The Labute approximate surface area is 172 Å². The van der Waals surface area contributed by atoms with E-state index in [4.69, 9.17) is 9.97 Å². The smallest absolute Gasteiger partial charge is 0.138 e. The number of rotatable bonds is 4. The molecule has 2 fully saturated rings. The average molecular weight is 391 g/mol. The predicted octanol–water partition coefficient (Wildman–Crippen LogP) is 3.13. The van der Waals surface area contributed by atoms with Gasteiger partial charge in [0.1, 0.15) is 11.5 Å². The van der Waals surface area contributed by atoms with Gasteiger partial charge in [0, 0.05) is 45.1 Å². The van der Waals surface area contributed by atoms with E-state index in [1.54, 1.807) is 0 Å². The van der Waals surface area contributed by atoms with Crippen LogP contribution in [0.2, 0.25) is 0 Å². The summed E-state index contributed by atoms with van der Waals surface area (Å²) in [7, 11) is 2.21. The van der Waals surface area contributed by atoms with E-state index in [-0.39, 0.29) is 0 Å². The van der Waals surface area contributed by atoms with Crippen LogP contribution in [0.1, 0.15) is 35.8 Å². The number of pyridine rings is 2. The summed E-state index contributed by atoms with van der Waals surface area (Å²) in [5, 5.41) is 0. The van der Waals surface area contributed by atoms with Crippen LogP contribution in [-0.2, 0) is 6.54 Å². The van der Waals surface area contributed by atoms with E-state index in [1.165, 1.54) is 35.6 Å². The van der Waals surface area contributed by atoms with Crippen molar-refractivity contribution >= 4 is 11.5 Å². The van der Waals surface area contributed by atoms with Crippen LogP contribution in [-0.4, -0.2) is 63.9 Å². The van der Waals surface area contributed by atoms with Crippen molar-refractivity contribution in [2.75, 3.05) is 44.7 Å². The Morgan fingerprint density at radius 1 is 1.03 bits per heavy atom. The fourth-order valence-corrected chi connectivity index (χ4v) is 4.85. The highest BCUT2D eigenvalue weighted by atomic mass is 15.3. The number of fused-ring (bicyclic) bond motifs is 1. The zero-order valence-corrected chi connectivity index (χ0v) is 17.5. The van der Waals surface area contributed by atoms with Crippen LogP contribution in [0.25, 0.3) is 5.65 Å². The Morgan fingerprint density at radius 2 is 1.90 bits per heavy atom. The number of aryl methyl sites for hydroxylation is 1. The third-order valence-corrected chi connectivity index (χ3v) is 6.46. The van der Waals surface area contributed by atoms with Crippen LogP contribution in [0.5, 0.6) is 0 Å². The van der Waals surface area contributed by atoms with Gasteiger partial charge in [0.15, 0.2) is 0 Å². The Bertz CT molecular complexity index is 988. The quantitative estimate of drug-likeness (QED) is 0.685. The van der Waals surface area contributed by atoms with Crippen LogP contribution in [0.15, 0.2) is 42.7 Å². The van der Waals surface area contributed by atoms with Gasteiger partial charge in [-0.2, -0.15) is 0 Å². The molecule has 3 aromatic rings. The third-order valence-electron chi connectivity index (χ3n) is 6.46. The van der Waals surface area contributed by atoms with E-state index >= 15 is 0 Å². The van der Waals surface area contributed by atoms with Crippen LogP contribution in [0, 0.1) is 6.92 Å². The summed E-state index contributed by atoms with van der Waals surface area (Å²) in [4.78, 5) is 17.3. The molecule has 2 saturated heterocycles. The van der Waals surface area contributed by atoms with E-state index in [0.29, 0.717) is 6.04 Å². The average Bonchev–Trinajstić information content (AvgIpc) is 3.33. The van der Waals surface area contributed by atoms with E-state index in [2.05, 4.69) is 63.5 Å². The van der Waals surface area contributed by atoms with Crippen molar-refractivity contribution in [3.8, 4) is 0 Å². The van der Waals surface area contributed by atoms with Crippen molar-refractivity contribution in [1.29, 1.82) is 0 Å². The van der Waals surface area contributed by atoms with Gasteiger partial charge in [0.05, 0.1) is 17.4 Å². The molecule has 6 nitrogen and oxygen atoms in total. The molecule has 0 spiro atoms. The lowest BCUT2D eigenvalue weighted by Crippen LogP contribution is -2.45. The minimum absolute atomic E-state index is 0.390. The van der Waals surface area contributed by atoms with Crippen LogP contribution >= 0.6 is 0 Å². The maximum absolute atomic E-state index is 5.07. The predicted molar refractivity (Wildman–Crippen MR) is 116 cm³/mol. The van der Waals surface area contributed by atoms with Gasteiger partial charge < -0.3 is 9.80 Å². The van der Waals surface area contributed by atoms with Gasteiger partial charge in [-0.25, -0.2) is 4.98 Å². The van der Waals surface area contributed by atoms with Crippen molar-refractivity contribution in [1.82, 2.24) is 24.2 Å². The van der Waals surface area contributed by atoms with E-state index in [0.717, 1.165) is 44.9 Å². The van der Waals surface area contributed by atoms with Crippen molar-refractivity contribution < 1.29 is 0 Å². The molecule has 6 heteroatoms. The highest BCUT2D eigenvalue weighted by molar-refractivity contribution is 5.57. The minimum atomic E-state index is 0.390. The topological polar surface area (TPSA) is 39.9 Å². The van der Waals surface area contributed by atoms with Gasteiger partial charge in [-0.15, -0.1) is 0 Å². The molecular weight excluding hydrogens is 360 g/mol. The molecule has 5 heterocycles. The number of likely N-dealkylation sites (tertiary alicyclic amines) is 1. The van der Waals surface area contributed by atoms with Crippen molar-refractivity contribution in [2.24, 2.45) is 0 Å². The van der Waals surface area contributed by atoms with Gasteiger partial charge in [-0.05, 0) is 57.1 Å². The fraction of sp³-hybridized carbons (Fsp3) is 0.478. The van der Waals surface area contributed by atoms with Gasteiger partial charge in [-0.3, -0.25) is 14.3 Å². The van der Waals surface area contributed by atoms with Gasteiger partial charge in [0.2, 0.25) is 0 Å². The number of imidazole rings is 1. The number of hydrogen-bond donors (Lipinski definition) is 0. The molecule has 1 unspecified atom stereocenters. The highest BCUT2D eigenvalue weighted by Crippen LogP contribution is 2.35. The molecule has 0 aliphatic carbocycles. The Hall–Kier alpha value is -2.44. The molecule has 0 saturated carbocycles. The second-order valence-electron chi connectivity index (χ2n) is 8.44. The second-order valence-corrected chi connectivity index (χ2v) is 8.44. The van der Waals surface area contributed by atoms with E-state index in [1.807, 2.05) is 12.3 Å². The minimum Gasteiger partial charge on any atom is -0.354 e. The molecule has 0 aromatic carbocycles. The maximum atomic E-state index is 5.07. The summed E-state index contributed by atoms with van der Waals surface area (Å²) in [5.74, 6) is 1.28. The zero-order chi connectivity index (χ0) is 19.8. The number of likely N-dealkylation sites (N-methyl/N-ethyl adjacent to an activating group) is 1. The maximum Gasteiger partial charge on any atom is 0.138 e. The molecule has 3 aromatic heterocycles. The van der Waals surface area contributed by atoms with Crippen LogP contribution in [0.3, 0.4) is 0 Å². The zero-order valence-electron chi connectivity index (χ0n) is 17.5. The fourth-order valence-electron chi connectivity index (χ4n) is 4.85. The third kappa shape index (κ3) is 3.51. The SMILES string of the molecule is Cc1cccnc1C1CCCN1Cc1nc2ccccn2c1N1CCN(C)CC1. The summed E-state index contributed by atoms with van der Waals surface area (Å²) >= 11 is 0. The van der Waals surface area contributed by atoms with Crippen molar-refractivity contribution in [3.63, 3.8) is 0 Å². The lowest BCUT2D eigenvalue weighted by atomic mass is 10.1. The first kappa shape index (κ1) is 18.6. The standard InChI is InChI=1S/C23H30N6/c1-18-7-5-10-24-22(18)20-8-6-11-28(20)17-19-23(27-15-13-26(2)14-16-27)29-12-4-3-9-21(29)25-19/h3-5,7,9-10,12,20H,6,8,11,13-17H2,1-2H3.